The third kappa shape index (κ3) is 5.50. The molecule has 0 bridgehead atoms. The molecule has 1 aliphatic rings. The van der Waals surface area contributed by atoms with E-state index in [1.165, 1.54) is 12.1 Å². The van der Waals surface area contributed by atoms with E-state index in [0.29, 0.717) is 27.6 Å². The fraction of sp³-hybridized carbons (Fsp3) is 0.318. The highest BCUT2D eigenvalue weighted by molar-refractivity contribution is 6.54. The Morgan fingerprint density at radius 1 is 1.03 bits per heavy atom. The first-order valence-electron chi connectivity index (χ1n) is 10.1. The smallest absolute Gasteiger partial charge is 0.333 e. The first-order chi connectivity index (χ1) is 15.9. The summed E-state index contributed by atoms with van der Waals surface area (Å²) in [5.41, 5.74) is 4.60. The van der Waals surface area contributed by atoms with Gasteiger partial charge in [-0.3, -0.25) is 10.2 Å². The topological polar surface area (TPSA) is 99.3 Å². The lowest BCUT2D eigenvalue weighted by Crippen LogP contribution is -2.48. The Balaban J connectivity index is 1.74. The summed E-state index contributed by atoms with van der Waals surface area (Å²) >= 11 is 31.4. The highest BCUT2D eigenvalue weighted by atomic mass is 35.5. The minimum absolute atomic E-state index is 0.0655. The van der Waals surface area contributed by atoms with Gasteiger partial charge < -0.3 is 15.4 Å². The molecule has 2 aromatic rings. The lowest BCUT2D eigenvalue weighted by molar-refractivity contribution is -0.112. The van der Waals surface area contributed by atoms with Gasteiger partial charge in [0.1, 0.15) is 10.6 Å². The molecular formula is C22H21Cl5N4O3. The number of rotatable bonds is 7. The molecule has 7 nitrogen and oxygen atoms in total. The van der Waals surface area contributed by atoms with Crippen molar-refractivity contribution in [2.45, 2.75) is 30.1 Å². The van der Waals surface area contributed by atoms with E-state index in [-0.39, 0.29) is 23.2 Å². The van der Waals surface area contributed by atoms with Gasteiger partial charge in [0.25, 0.3) is 5.91 Å². The Bertz CT molecular complexity index is 1110. The second-order valence-corrected chi connectivity index (χ2v) is 10.8. The van der Waals surface area contributed by atoms with Crippen molar-refractivity contribution in [1.82, 2.24) is 16.2 Å². The Morgan fingerprint density at radius 3 is 2.26 bits per heavy atom. The van der Waals surface area contributed by atoms with E-state index < -0.39 is 27.6 Å². The third-order valence-corrected chi connectivity index (χ3v) is 7.25. The summed E-state index contributed by atoms with van der Waals surface area (Å²) in [6.07, 6.45) is 0.709. The molecule has 2 aromatic carbocycles. The number of anilines is 1. The number of carbonyl (C=O) groups excluding carboxylic acids is 3. The minimum Gasteiger partial charge on any atom is -0.384 e. The molecule has 0 heterocycles. The van der Waals surface area contributed by atoms with Crippen molar-refractivity contribution in [3.05, 3.63) is 62.6 Å². The molecule has 0 radical (unpaired) electrons. The highest BCUT2D eigenvalue weighted by Gasteiger charge is 2.76. The van der Waals surface area contributed by atoms with E-state index in [1.807, 2.05) is 0 Å². The van der Waals surface area contributed by atoms with E-state index in [4.69, 9.17) is 58.0 Å². The molecule has 12 heteroatoms. The van der Waals surface area contributed by atoms with Crippen LogP contribution in [0.15, 0.2) is 36.4 Å². The summed E-state index contributed by atoms with van der Waals surface area (Å²) in [4.78, 5) is 36.3. The van der Waals surface area contributed by atoms with Gasteiger partial charge in [0.15, 0.2) is 0 Å². The van der Waals surface area contributed by atoms with E-state index in [2.05, 4.69) is 21.5 Å². The van der Waals surface area contributed by atoms with Crippen molar-refractivity contribution >= 4 is 81.9 Å². The van der Waals surface area contributed by atoms with Crippen LogP contribution in [-0.4, -0.2) is 35.1 Å². The lowest BCUT2D eigenvalue weighted by Gasteiger charge is -2.15. The molecule has 182 valence electrons. The molecule has 1 fully saturated rings. The van der Waals surface area contributed by atoms with Gasteiger partial charge in [0.2, 0.25) is 0 Å². The second-order valence-electron chi connectivity index (χ2n) is 8.17. The number of aldehydes is 1. The maximum absolute atomic E-state index is 12.5. The van der Waals surface area contributed by atoms with Gasteiger partial charge in [0, 0.05) is 34.2 Å². The van der Waals surface area contributed by atoms with Crippen molar-refractivity contribution in [3.8, 4) is 0 Å². The van der Waals surface area contributed by atoms with Crippen LogP contribution in [0.4, 0.5) is 10.5 Å². The van der Waals surface area contributed by atoms with E-state index in [1.54, 1.807) is 38.1 Å². The SMILES string of the molecule is CC(C)NC(=O)NNC(=O)c1cc(NCC2(C=O)C(c3cc(Cl)cc(Cl)c3)C2(Cl)Cl)ccc1Cl. The number of hydrogen-bond donors (Lipinski definition) is 4. The average molecular weight is 567 g/mol. The van der Waals surface area contributed by atoms with Crippen LogP contribution in [0.2, 0.25) is 15.1 Å². The molecule has 0 spiro atoms. The van der Waals surface area contributed by atoms with Crippen molar-refractivity contribution in [3.63, 3.8) is 0 Å². The zero-order valence-electron chi connectivity index (χ0n) is 18.0. The molecule has 4 N–H and O–H groups in total. The fourth-order valence-electron chi connectivity index (χ4n) is 3.67. The van der Waals surface area contributed by atoms with Gasteiger partial charge in [-0.25, -0.2) is 10.2 Å². The summed E-state index contributed by atoms with van der Waals surface area (Å²) in [7, 11) is 0. The van der Waals surface area contributed by atoms with Gasteiger partial charge in [-0.15, -0.1) is 0 Å². The second kappa shape index (κ2) is 10.4. The standard InChI is InChI=1S/C22H21Cl5N4O3/c1-11(2)29-20(34)31-30-19(33)16-8-15(3-4-17(16)25)28-9-21(10-32)18(22(21,26)27)12-5-13(23)7-14(24)6-12/h3-8,10-11,18,28H,9H2,1-2H3,(H,30,33)(H2,29,31,34). The molecule has 0 aliphatic heterocycles. The third-order valence-electron chi connectivity index (χ3n) is 5.35. The van der Waals surface area contributed by atoms with Crippen molar-refractivity contribution < 1.29 is 14.4 Å². The van der Waals surface area contributed by atoms with Crippen LogP contribution in [0, 0.1) is 5.41 Å². The maximum atomic E-state index is 12.5. The molecule has 0 aromatic heterocycles. The number of hydrazine groups is 1. The fourth-order valence-corrected chi connectivity index (χ4v) is 5.39. The van der Waals surface area contributed by atoms with Gasteiger partial charge in [0.05, 0.1) is 16.0 Å². The van der Waals surface area contributed by atoms with E-state index >= 15 is 0 Å². The summed E-state index contributed by atoms with van der Waals surface area (Å²) in [6.45, 7) is 3.62. The molecule has 2 unspecified atom stereocenters. The quantitative estimate of drug-likeness (QED) is 0.200. The van der Waals surface area contributed by atoms with Crippen LogP contribution in [0.3, 0.4) is 0 Å². The van der Waals surface area contributed by atoms with Crippen molar-refractivity contribution in [2.75, 3.05) is 11.9 Å². The summed E-state index contributed by atoms with van der Waals surface area (Å²) < 4.78 is -1.39. The molecule has 34 heavy (non-hydrogen) atoms. The number of benzene rings is 2. The predicted octanol–water partition coefficient (Wildman–Crippen LogP) is 5.57. The summed E-state index contributed by atoms with van der Waals surface area (Å²) in [5, 5.41) is 6.63. The van der Waals surface area contributed by atoms with Crippen LogP contribution < -0.4 is 21.5 Å². The number of urea groups is 1. The Kier molecular flexibility index (Phi) is 8.15. The van der Waals surface area contributed by atoms with Crippen LogP contribution in [0.25, 0.3) is 0 Å². The lowest BCUT2D eigenvalue weighted by atomic mass is 10.00. The molecule has 1 saturated carbocycles. The van der Waals surface area contributed by atoms with Crippen LogP contribution in [0.1, 0.15) is 35.7 Å². The van der Waals surface area contributed by atoms with Crippen LogP contribution in [-0.2, 0) is 4.79 Å². The van der Waals surface area contributed by atoms with Crippen molar-refractivity contribution in [1.29, 1.82) is 0 Å². The number of carbonyl (C=O) groups is 3. The normalized spacial score (nSPS) is 20.4. The summed E-state index contributed by atoms with van der Waals surface area (Å²) in [6, 6.07) is 8.85. The van der Waals surface area contributed by atoms with E-state index in [9.17, 15) is 14.4 Å². The number of halogens is 5. The highest BCUT2D eigenvalue weighted by Crippen LogP contribution is 2.73. The molecule has 1 aliphatic carbocycles. The van der Waals surface area contributed by atoms with Gasteiger partial charge in [-0.1, -0.05) is 58.0 Å². The monoisotopic (exact) mass is 564 g/mol. The van der Waals surface area contributed by atoms with Gasteiger partial charge in [-0.05, 0) is 55.8 Å². The minimum atomic E-state index is -1.39. The van der Waals surface area contributed by atoms with Gasteiger partial charge >= 0.3 is 6.03 Å². The number of nitrogens with one attached hydrogen (secondary N) is 4. The number of alkyl halides is 2. The first-order valence-corrected chi connectivity index (χ1v) is 12.0. The number of amides is 3. The predicted molar refractivity (Wildman–Crippen MR) is 136 cm³/mol. The molecule has 2 atom stereocenters. The number of hydrogen-bond acceptors (Lipinski definition) is 4. The van der Waals surface area contributed by atoms with Gasteiger partial charge in [-0.2, -0.15) is 0 Å². The molecule has 0 saturated heterocycles. The molecule has 3 rings (SSSR count). The average Bonchev–Trinajstić information content (AvgIpc) is 3.25. The van der Waals surface area contributed by atoms with Crippen molar-refractivity contribution in [2.24, 2.45) is 5.41 Å². The zero-order chi connectivity index (χ0) is 25.3. The van der Waals surface area contributed by atoms with Crippen LogP contribution >= 0.6 is 58.0 Å². The summed E-state index contributed by atoms with van der Waals surface area (Å²) in [5.74, 6) is -1.18. The Labute approximate surface area is 221 Å². The first kappa shape index (κ1) is 26.7. The molecular weight excluding hydrogens is 546 g/mol. The Morgan fingerprint density at radius 2 is 1.68 bits per heavy atom. The van der Waals surface area contributed by atoms with E-state index in [0.717, 1.165) is 0 Å². The molecule has 3 amide bonds. The zero-order valence-corrected chi connectivity index (χ0v) is 21.8. The largest absolute Gasteiger partial charge is 0.384 e. The maximum Gasteiger partial charge on any atom is 0.333 e. The van der Waals surface area contributed by atoms with Crippen LogP contribution in [0.5, 0.6) is 0 Å². The Hall–Kier alpha value is -1.90.